The number of aromatic carboxylic acids is 1. The number of nitrogens with zero attached hydrogens (tertiary/aromatic N) is 3. The van der Waals surface area contributed by atoms with Crippen molar-refractivity contribution in [3.63, 3.8) is 0 Å². The van der Waals surface area contributed by atoms with E-state index in [9.17, 15) is 19.5 Å². The van der Waals surface area contributed by atoms with E-state index in [0.717, 1.165) is 29.3 Å². The van der Waals surface area contributed by atoms with E-state index in [1.165, 1.54) is 12.3 Å². The molecule has 2 aliphatic heterocycles. The number of carboxylic acids is 1. The fraction of sp³-hybridized carbons (Fsp3) is 0.303. The molecule has 214 valence electrons. The maximum absolute atomic E-state index is 13.7. The molecule has 1 saturated carbocycles. The van der Waals surface area contributed by atoms with E-state index in [0.29, 0.717) is 65.6 Å². The number of carboxylic acid groups (broad SMARTS) is 1. The fourth-order valence-electron chi connectivity index (χ4n) is 6.21. The second kappa shape index (κ2) is 11.4. The predicted octanol–water partition coefficient (Wildman–Crippen LogP) is 4.87. The van der Waals surface area contributed by atoms with Gasteiger partial charge < -0.3 is 19.5 Å². The summed E-state index contributed by atoms with van der Waals surface area (Å²) >= 11 is 0. The van der Waals surface area contributed by atoms with Crippen molar-refractivity contribution in [2.45, 2.75) is 43.6 Å². The van der Waals surface area contributed by atoms with E-state index in [2.05, 4.69) is 9.97 Å². The molecule has 9 nitrogen and oxygen atoms in total. The van der Waals surface area contributed by atoms with Crippen molar-refractivity contribution in [1.29, 1.82) is 0 Å². The normalized spacial score (nSPS) is 17.1. The Morgan fingerprint density at radius 2 is 1.79 bits per heavy atom. The number of fused-ring (bicyclic) bond motifs is 2. The number of amides is 1. The third-order valence-corrected chi connectivity index (χ3v) is 8.67. The van der Waals surface area contributed by atoms with Gasteiger partial charge in [-0.15, -0.1) is 0 Å². The molecule has 10 heteroatoms. The van der Waals surface area contributed by atoms with E-state index in [-0.39, 0.29) is 53.2 Å². The molecule has 1 amide bonds. The van der Waals surface area contributed by atoms with Crippen LogP contribution in [0.4, 0.5) is 0 Å². The summed E-state index contributed by atoms with van der Waals surface area (Å²) in [5.41, 5.74) is 2.80. The number of benzene rings is 2. The number of hydrogen-bond donors (Lipinski definition) is 1. The molecule has 7 rings (SSSR count). The molecule has 0 unspecified atom stereocenters. The zero-order chi connectivity index (χ0) is 29.0. The van der Waals surface area contributed by atoms with Gasteiger partial charge in [-0.1, -0.05) is 6.07 Å². The third kappa shape index (κ3) is 5.41. The average Bonchev–Trinajstić information content (AvgIpc) is 3.86. The number of pyridine rings is 2. The standard InChI is InChI=1S/C33H29N3O6.Na.H/c1-41-29-15-21(14-25-24(29)6-9-35-30(25)19-2-3-19)31(38)36-10-7-33(8-11-36)16-27(37)26-13-20(4-5-28(26)42-33)22-12-23(32(39)40)18-34-17-22;;/h4-6,9,12-15,17-19H,2-3,7-8,10-11,16H2,1H3,(H,39,40);;. The average molecular weight is 588 g/mol. The van der Waals surface area contributed by atoms with Crippen molar-refractivity contribution >= 4 is 58.0 Å². The molecule has 0 bridgehead atoms. The number of methoxy groups -OCH3 is 1. The first-order chi connectivity index (χ1) is 20.3. The minimum absolute atomic E-state index is 0. The minimum atomic E-state index is -1.06. The van der Waals surface area contributed by atoms with E-state index in [4.69, 9.17) is 9.47 Å². The zero-order valence-corrected chi connectivity index (χ0v) is 23.1. The summed E-state index contributed by atoms with van der Waals surface area (Å²) in [5.74, 6) is 0.450. The Morgan fingerprint density at radius 3 is 2.51 bits per heavy atom. The molecule has 1 saturated heterocycles. The number of hydrogen-bond acceptors (Lipinski definition) is 7. The van der Waals surface area contributed by atoms with Gasteiger partial charge in [0.15, 0.2) is 5.78 Å². The monoisotopic (exact) mass is 587 g/mol. The van der Waals surface area contributed by atoms with Gasteiger partial charge in [-0.25, -0.2) is 4.79 Å². The van der Waals surface area contributed by atoms with Crippen molar-refractivity contribution < 1.29 is 29.0 Å². The van der Waals surface area contributed by atoms with Crippen LogP contribution in [0.5, 0.6) is 11.5 Å². The Hall–Kier alpha value is -3.79. The molecule has 3 aliphatic rings. The second-order valence-electron chi connectivity index (χ2n) is 11.4. The number of piperidine rings is 1. The maximum atomic E-state index is 13.7. The van der Waals surface area contributed by atoms with Crippen LogP contribution in [0.15, 0.2) is 61.1 Å². The van der Waals surface area contributed by atoms with Crippen LogP contribution in [0.2, 0.25) is 0 Å². The van der Waals surface area contributed by atoms with E-state index < -0.39 is 11.6 Å². The predicted molar refractivity (Wildman–Crippen MR) is 161 cm³/mol. The van der Waals surface area contributed by atoms with Gasteiger partial charge in [-0.3, -0.25) is 19.6 Å². The number of aromatic nitrogens is 2. The number of ketones is 1. The molecule has 4 heterocycles. The van der Waals surface area contributed by atoms with Crippen molar-refractivity contribution in [3.05, 3.63) is 83.4 Å². The Labute approximate surface area is 270 Å². The third-order valence-electron chi connectivity index (χ3n) is 8.67. The van der Waals surface area contributed by atoms with Gasteiger partial charge in [0.2, 0.25) is 0 Å². The Bertz CT molecular complexity index is 1780. The van der Waals surface area contributed by atoms with Crippen molar-refractivity contribution in [1.82, 2.24) is 14.9 Å². The zero-order valence-electron chi connectivity index (χ0n) is 23.1. The molecular weight excluding hydrogens is 557 g/mol. The van der Waals surface area contributed by atoms with Crippen LogP contribution in [0, 0.1) is 0 Å². The van der Waals surface area contributed by atoms with Crippen LogP contribution < -0.4 is 9.47 Å². The molecule has 2 fully saturated rings. The topological polar surface area (TPSA) is 119 Å². The Kier molecular flexibility index (Phi) is 7.75. The molecule has 2 aromatic carbocycles. The molecular formula is C33H30N3NaO6. The number of rotatable bonds is 5. The molecule has 2 aromatic heterocycles. The van der Waals surface area contributed by atoms with Gasteiger partial charge in [0.05, 0.1) is 30.4 Å². The quantitative estimate of drug-likeness (QED) is 0.329. The van der Waals surface area contributed by atoms with E-state index in [1.807, 2.05) is 35.4 Å². The summed E-state index contributed by atoms with van der Waals surface area (Å²) in [6, 6.07) is 12.5. The SMILES string of the molecule is COc1cc(C(=O)N2CCC3(CC2)CC(=O)c2cc(-c4cncc(C(=O)O)c4)ccc2O3)cc2c(C3CC3)nccc12.[NaH]. The molecule has 1 N–H and O–H groups in total. The van der Waals surface area contributed by atoms with Gasteiger partial charge in [0.1, 0.15) is 17.1 Å². The molecule has 1 spiro atoms. The number of ether oxygens (including phenoxy) is 2. The van der Waals surface area contributed by atoms with Crippen LogP contribution in [0.1, 0.15) is 74.8 Å². The summed E-state index contributed by atoms with van der Waals surface area (Å²) in [6.45, 7) is 0.937. The summed E-state index contributed by atoms with van der Waals surface area (Å²) in [4.78, 5) is 48.9. The summed E-state index contributed by atoms with van der Waals surface area (Å²) in [7, 11) is 1.62. The number of carbonyl (C=O) groups is 3. The van der Waals surface area contributed by atoms with Gasteiger partial charge in [-0.2, -0.15) is 0 Å². The van der Waals surface area contributed by atoms with Crippen molar-refractivity contribution in [2.75, 3.05) is 20.2 Å². The van der Waals surface area contributed by atoms with E-state index >= 15 is 0 Å². The molecule has 43 heavy (non-hydrogen) atoms. The molecule has 1 aliphatic carbocycles. The van der Waals surface area contributed by atoms with Crippen LogP contribution in [-0.4, -0.2) is 93.0 Å². The summed E-state index contributed by atoms with van der Waals surface area (Å²) < 4.78 is 12.1. The first-order valence-corrected chi connectivity index (χ1v) is 14.1. The van der Waals surface area contributed by atoms with E-state index in [1.54, 1.807) is 25.4 Å². The number of carbonyl (C=O) groups excluding carboxylic acids is 2. The van der Waals surface area contributed by atoms with Gasteiger partial charge in [0.25, 0.3) is 5.91 Å². The van der Waals surface area contributed by atoms with Crippen LogP contribution in [-0.2, 0) is 0 Å². The first kappa shape index (κ1) is 29.3. The van der Waals surface area contributed by atoms with Crippen molar-refractivity contribution in [2.24, 2.45) is 0 Å². The summed E-state index contributed by atoms with van der Waals surface area (Å²) in [6.07, 6.45) is 8.19. The van der Waals surface area contributed by atoms with Crippen molar-refractivity contribution in [3.8, 4) is 22.6 Å². The molecule has 0 radical (unpaired) electrons. The molecule has 4 aromatic rings. The van der Waals surface area contributed by atoms with Crippen LogP contribution in [0.25, 0.3) is 21.9 Å². The summed E-state index contributed by atoms with van der Waals surface area (Å²) in [5, 5.41) is 11.2. The van der Waals surface area contributed by atoms with Gasteiger partial charge in [-0.05, 0) is 54.8 Å². The number of Topliss-reactive ketones (excluding diaryl/α,β-unsaturated/α-hetero) is 1. The fourth-order valence-corrected chi connectivity index (χ4v) is 6.21. The Morgan fingerprint density at radius 1 is 1.00 bits per heavy atom. The Balaban J connectivity index is 0.00000329. The number of likely N-dealkylation sites (tertiary alicyclic amines) is 1. The first-order valence-electron chi connectivity index (χ1n) is 14.1. The van der Waals surface area contributed by atoms with Gasteiger partial charge >= 0.3 is 35.5 Å². The van der Waals surface area contributed by atoms with Gasteiger partial charge in [0, 0.05) is 72.3 Å². The second-order valence-corrected chi connectivity index (χ2v) is 11.4. The van der Waals surface area contributed by atoms with Crippen LogP contribution >= 0.6 is 0 Å². The molecule has 0 atom stereocenters. The van der Waals surface area contributed by atoms with Crippen LogP contribution in [0.3, 0.4) is 0 Å².